The summed E-state index contributed by atoms with van der Waals surface area (Å²) in [6, 6.07) is 15.0. The summed E-state index contributed by atoms with van der Waals surface area (Å²) in [5, 5.41) is -1.91. The first-order valence-corrected chi connectivity index (χ1v) is 12.7. The van der Waals surface area contributed by atoms with Gasteiger partial charge in [0.25, 0.3) is 21.9 Å². The Balaban J connectivity index is 1.34. The third kappa shape index (κ3) is 5.45. The second-order valence-corrected chi connectivity index (χ2v) is 9.91. The Labute approximate surface area is 207 Å². The van der Waals surface area contributed by atoms with Gasteiger partial charge in [0.15, 0.2) is 5.25 Å². The molecule has 2 aliphatic heterocycles. The van der Waals surface area contributed by atoms with Crippen LogP contribution in [0.2, 0.25) is 0 Å². The Morgan fingerprint density at radius 2 is 1.61 bits per heavy atom. The molecule has 11 heteroatoms. The van der Waals surface area contributed by atoms with Gasteiger partial charge in [-0.15, -0.1) is 5.06 Å². The lowest BCUT2D eigenvalue weighted by atomic mass is 10.0. The number of hydrogen-bond acceptors (Lipinski definition) is 7. The molecule has 10 nitrogen and oxygen atoms in total. The van der Waals surface area contributed by atoms with Crippen molar-refractivity contribution >= 4 is 39.5 Å². The molecule has 0 radical (unpaired) electrons. The maximum Gasteiger partial charge on any atom is 0.333 e. The van der Waals surface area contributed by atoms with Gasteiger partial charge in [0.1, 0.15) is 0 Å². The zero-order valence-corrected chi connectivity index (χ0v) is 19.9. The first-order valence-electron chi connectivity index (χ1n) is 11.2. The second kappa shape index (κ2) is 10.3. The van der Waals surface area contributed by atoms with E-state index >= 15 is 0 Å². The summed E-state index contributed by atoms with van der Waals surface area (Å²) in [5.41, 5.74) is 3.19. The van der Waals surface area contributed by atoms with E-state index in [1.54, 1.807) is 4.90 Å². The number of hydrogen-bond donors (Lipinski definition) is 1. The summed E-state index contributed by atoms with van der Waals surface area (Å²) in [5.74, 6) is 2.84. The minimum absolute atomic E-state index is 0.0710. The molecule has 0 spiro atoms. The minimum atomic E-state index is -4.79. The Bertz CT molecular complexity index is 1410. The number of rotatable bonds is 7. The summed E-state index contributed by atoms with van der Waals surface area (Å²) in [6.45, 7) is 0.344. The fourth-order valence-electron chi connectivity index (χ4n) is 3.95. The third-order valence-corrected chi connectivity index (χ3v) is 6.90. The first-order chi connectivity index (χ1) is 17.1. The number of imide groups is 1. The van der Waals surface area contributed by atoms with E-state index in [4.69, 9.17) is 9.39 Å². The van der Waals surface area contributed by atoms with Crippen molar-refractivity contribution in [2.75, 3.05) is 4.90 Å². The van der Waals surface area contributed by atoms with Crippen LogP contribution in [0.15, 0.2) is 48.5 Å². The second-order valence-electron chi connectivity index (χ2n) is 8.31. The SMILES string of the molecule is O=C(CCCCC(=O)N1Cc2ccccc2C#Cc2ccccc21)ON1C(=O)C[C@H](S(=O)(=O)O)C1=O. The van der Waals surface area contributed by atoms with Crippen molar-refractivity contribution in [3.63, 3.8) is 0 Å². The van der Waals surface area contributed by atoms with Crippen LogP contribution in [0.4, 0.5) is 5.69 Å². The van der Waals surface area contributed by atoms with Crippen LogP contribution in [0.1, 0.15) is 48.8 Å². The average molecular weight is 511 g/mol. The lowest BCUT2D eigenvalue weighted by molar-refractivity contribution is -0.197. The number of para-hydroxylation sites is 1. The van der Waals surface area contributed by atoms with Crippen LogP contribution in [-0.4, -0.2) is 47.0 Å². The van der Waals surface area contributed by atoms with Gasteiger partial charge in [-0.05, 0) is 36.6 Å². The smallest absolute Gasteiger partial charge is 0.330 e. The molecular weight excluding hydrogens is 488 g/mol. The van der Waals surface area contributed by atoms with Crippen LogP contribution in [0.25, 0.3) is 0 Å². The van der Waals surface area contributed by atoms with Gasteiger partial charge in [-0.1, -0.05) is 42.2 Å². The Morgan fingerprint density at radius 3 is 2.33 bits per heavy atom. The molecule has 1 saturated heterocycles. The maximum atomic E-state index is 13.2. The molecule has 1 N–H and O–H groups in total. The Kier molecular flexibility index (Phi) is 7.19. The maximum absolute atomic E-state index is 13.2. The lowest BCUT2D eigenvalue weighted by Gasteiger charge is -2.26. The van der Waals surface area contributed by atoms with Crippen LogP contribution in [-0.2, 0) is 40.7 Å². The normalized spacial score (nSPS) is 16.9. The number of fused-ring (bicyclic) bond motifs is 2. The fourth-order valence-corrected chi connectivity index (χ4v) is 4.65. The number of hydroxylamine groups is 2. The number of anilines is 1. The molecule has 2 aromatic carbocycles. The molecule has 3 amide bonds. The minimum Gasteiger partial charge on any atom is -0.330 e. The molecule has 1 fully saturated rings. The third-order valence-electron chi connectivity index (χ3n) is 5.81. The summed E-state index contributed by atoms with van der Waals surface area (Å²) in [6.07, 6.45) is -0.316. The van der Waals surface area contributed by atoms with Crippen molar-refractivity contribution in [3.05, 3.63) is 65.2 Å². The van der Waals surface area contributed by atoms with Crippen LogP contribution < -0.4 is 4.90 Å². The molecule has 0 unspecified atom stereocenters. The van der Waals surface area contributed by atoms with Crippen molar-refractivity contribution in [2.24, 2.45) is 0 Å². The Morgan fingerprint density at radius 1 is 0.972 bits per heavy atom. The highest BCUT2D eigenvalue weighted by Gasteiger charge is 2.48. The topological polar surface area (TPSA) is 138 Å². The lowest BCUT2D eigenvalue weighted by Crippen LogP contribution is -2.36. The molecule has 2 heterocycles. The van der Waals surface area contributed by atoms with Gasteiger partial charge in [-0.3, -0.25) is 18.9 Å². The molecule has 0 aromatic heterocycles. The van der Waals surface area contributed by atoms with Crippen molar-refractivity contribution in [2.45, 2.75) is 43.9 Å². The largest absolute Gasteiger partial charge is 0.333 e. The molecule has 2 aromatic rings. The van der Waals surface area contributed by atoms with Gasteiger partial charge >= 0.3 is 5.97 Å². The van der Waals surface area contributed by atoms with E-state index in [0.717, 1.165) is 16.7 Å². The monoisotopic (exact) mass is 510 g/mol. The first kappa shape index (κ1) is 25.1. The zero-order chi connectivity index (χ0) is 25.9. The van der Waals surface area contributed by atoms with E-state index in [0.29, 0.717) is 18.7 Å². The zero-order valence-electron chi connectivity index (χ0n) is 19.0. The highest BCUT2D eigenvalue weighted by Crippen LogP contribution is 2.26. The van der Waals surface area contributed by atoms with Gasteiger partial charge in [0.2, 0.25) is 5.91 Å². The molecular formula is C25H22N2O8S. The summed E-state index contributed by atoms with van der Waals surface area (Å²) >= 11 is 0. The predicted molar refractivity (Wildman–Crippen MR) is 126 cm³/mol. The number of carbonyl (C=O) groups excluding carboxylic acids is 4. The van der Waals surface area contributed by atoms with Crippen LogP contribution in [0.5, 0.6) is 0 Å². The summed E-state index contributed by atoms with van der Waals surface area (Å²) in [7, 11) is -4.79. The van der Waals surface area contributed by atoms with Crippen LogP contribution >= 0.6 is 0 Å². The molecule has 0 bridgehead atoms. The molecule has 0 saturated carbocycles. The fraction of sp³-hybridized carbons (Fsp3) is 0.280. The summed E-state index contributed by atoms with van der Waals surface area (Å²) in [4.78, 5) is 55.4. The number of amides is 3. The number of carbonyl (C=O) groups is 4. The number of unbranched alkanes of at least 4 members (excludes halogenated alkanes) is 1. The molecule has 2 aliphatic rings. The molecule has 4 rings (SSSR count). The van der Waals surface area contributed by atoms with E-state index in [1.807, 2.05) is 48.5 Å². The quantitative estimate of drug-likeness (QED) is 0.258. The van der Waals surface area contributed by atoms with Crippen molar-refractivity contribution in [1.82, 2.24) is 5.06 Å². The number of benzene rings is 2. The van der Waals surface area contributed by atoms with E-state index in [1.165, 1.54) is 0 Å². The predicted octanol–water partition coefficient (Wildman–Crippen LogP) is 1.97. The van der Waals surface area contributed by atoms with Crippen molar-refractivity contribution in [1.29, 1.82) is 0 Å². The standard InChI is InChI=1S/C25H22N2O8S/c28-22(11-5-6-12-24(30)35-27-23(29)15-21(25(27)31)36(32,33)34)26-16-19-9-2-1-7-17(19)13-14-18-8-3-4-10-20(18)26/h1-4,7-10,21H,5-6,11-12,15-16H2,(H,32,33,34)/t21-/m0/s1. The molecule has 36 heavy (non-hydrogen) atoms. The van der Waals surface area contributed by atoms with Crippen LogP contribution in [0, 0.1) is 11.8 Å². The van der Waals surface area contributed by atoms with E-state index < -0.39 is 39.6 Å². The van der Waals surface area contributed by atoms with E-state index in [9.17, 15) is 27.6 Å². The molecule has 0 aliphatic carbocycles. The van der Waals surface area contributed by atoms with Gasteiger partial charge in [0.05, 0.1) is 18.7 Å². The van der Waals surface area contributed by atoms with Crippen LogP contribution in [0.3, 0.4) is 0 Å². The molecule has 186 valence electrons. The molecule has 1 atom stereocenters. The summed E-state index contributed by atoms with van der Waals surface area (Å²) < 4.78 is 31.4. The van der Waals surface area contributed by atoms with E-state index in [2.05, 4.69) is 11.8 Å². The average Bonchev–Trinajstić information content (AvgIpc) is 3.12. The Hall–Kier alpha value is -4.01. The van der Waals surface area contributed by atoms with Gasteiger partial charge in [0, 0.05) is 24.0 Å². The highest BCUT2D eigenvalue weighted by molar-refractivity contribution is 7.87. The van der Waals surface area contributed by atoms with Gasteiger partial charge < -0.3 is 9.74 Å². The number of nitrogens with zero attached hydrogens (tertiary/aromatic N) is 2. The van der Waals surface area contributed by atoms with Crippen molar-refractivity contribution in [3.8, 4) is 11.8 Å². The van der Waals surface area contributed by atoms with Crippen molar-refractivity contribution < 1.29 is 37.0 Å². The van der Waals surface area contributed by atoms with Gasteiger partial charge in [-0.25, -0.2) is 4.79 Å². The van der Waals surface area contributed by atoms with E-state index in [-0.39, 0.29) is 30.2 Å². The van der Waals surface area contributed by atoms with Gasteiger partial charge in [-0.2, -0.15) is 8.42 Å². The highest BCUT2D eigenvalue weighted by atomic mass is 32.2.